The van der Waals surface area contributed by atoms with Crippen LogP contribution in [0.4, 0.5) is 10.5 Å². The van der Waals surface area contributed by atoms with Crippen molar-refractivity contribution in [3.8, 4) is 11.5 Å². The van der Waals surface area contributed by atoms with E-state index in [0.29, 0.717) is 40.5 Å². The standard InChI is InChI=1S/C25H29N5O8/c1-5-37-20-11-17(23-22(24(32)36-4)15(3)27-25(33)28-23)8-9-19(20)38-13-21(31)29-26-12-16-7-6-14(2)18(10-16)30(34)35/h6-12,21,23,29,31H,5,13H2,1-4H3,(H2,27,28,33)/b26-12-/t21-,23-/m1/s1. The quantitative estimate of drug-likeness (QED) is 0.112. The molecule has 0 unspecified atom stereocenters. The van der Waals surface area contributed by atoms with Gasteiger partial charge < -0.3 is 30.0 Å². The Morgan fingerprint density at radius 3 is 2.68 bits per heavy atom. The minimum Gasteiger partial charge on any atom is -0.490 e. The summed E-state index contributed by atoms with van der Waals surface area (Å²) in [5.74, 6) is 0.0609. The van der Waals surface area contributed by atoms with E-state index in [-0.39, 0.29) is 17.9 Å². The number of hydrazone groups is 1. The van der Waals surface area contributed by atoms with Crippen LogP contribution in [0.3, 0.4) is 0 Å². The van der Waals surface area contributed by atoms with Crippen molar-refractivity contribution in [2.75, 3.05) is 20.3 Å². The average molecular weight is 528 g/mol. The summed E-state index contributed by atoms with van der Waals surface area (Å²) < 4.78 is 16.3. The van der Waals surface area contributed by atoms with Gasteiger partial charge in [0.05, 0.1) is 36.5 Å². The molecule has 38 heavy (non-hydrogen) atoms. The molecule has 1 heterocycles. The lowest BCUT2D eigenvalue weighted by Crippen LogP contribution is -2.45. The van der Waals surface area contributed by atoms with Gasteiger partial charge in [0.15, 0.2) is 17.7 Å². The fourth-order valence-electron chi connectivity index (χ4n) is 3.72. The lowest BCUT2D eigenvalue weighted by molar-refractivity contribution is -0.385. The van der Waals surface area contributed by atoms with E-state index >= 15 is 0 Å². The Morgan fingerprint density at radius 1 is 1.24 bits per heavy atom. The molecule has 3 rings (SSSR count). The number of benzene rings is 2. The van der Waals surface area contributed by atoms with Gasteiger partial charge in [0.25, 0.3) is 5.69 Å². The van der Waals surface area contributed by atoms with Crippen LogP contribution in [0.1, 0.15) is 36.6 Å². The molecule has 0 fully saturated rings. The number of nitrogens with zero attached hydrogens (tertiary/aromatic N) is 2. The molecule has 0 bridgehead atoms. The Hall–Kier alpha value is -4.65. The highest BCUT2D eigenvalue weighted by Gasteiger charge is 2.32. The zero-order valence-electron chi connectivity index (χ0n) is 21.3. The van der Waals surface area contributed by atoms with Crippen molar-refractivity contribution < 1.29 is 33.8 Å². The summed E-state index contributed by atoms with van der Waals surface area (Å²) >= 11 is 0. The van der Waals surface area contributed by atoms with Crippen LogP contribution in [0.2, 0.25) is 0 Å². The molecular formula is C25H29N5O8. The van der Waals surface area contributed by atoms with Gasteiger partial charge in [-0.3, -0.25) is 15.5 Å². The molecule has 2 aromatic rings. The summed E-state index contributed by atoms with van der Waals surface area (Å²) in [6, 6.07) is 8.31. The average Bonchev–Trinajstić information content (AvgIpc) is 2.88. The molecular weight excluding hydrogens is 498 g/mol. The lowest BCUT2D eigenvalue weighted by atomic mass is 9.95. The van der Waals surface area contributed by atoms with E-state index in [1.165, 1.54) is 19.4 Å². The normalized spacial score (nSPS) is 15.9. The number of hydrogen-bond acceptors (Lipinski definition) is 10. The van der Waals surface area contributed by atoms with E-state index in [1.807, 2.05) is 0 Å². The third kappa shape index (κ3) is 6.76. The number of amides is 2. The molecule has 0 aliphatic carbocycles. The van der Waals surface area contributed by atoms with Crippen LogP contribution >= 0.6 is 0 Å². The zero-order valence-corrected chi connectivity index (χ0v) is 21.3. The number of allylic oxidation sites excluding steroid dienone is 1. The van der Waals surface area contributed by atoms with Gasteiger partial charge in [-0.2, -0.15) is 5.10 Å². The van der Waals surface area contributed by atoms with Crippen LogP contribution in [0, 0.1) is 17.0 Å². The molecule has 4 N–H and O–H groups in total. The van der Waals surface area contributed by atoms with E-state index in [9.17, 15) is 24.8 Å². The number of esters is 1. The van der Waals surface area contributed by atoms with Crippen LogP contribution in [0.25, 0.3) is 0 Å². The number of carbonyl (C=O) groups excluding carboxylic acids is 2. The van der Waals surface area contributed by atoms with E-state index in [4.69, 9.17) is 14.2 Å². The largest absolute Gasteiger partial charge is 0.490 e. The summed E-state index contributed by atoms with van der Waals surface area (Å²) in [7, 11) is 1.26. The summed E-state index contributed by atoms with van der Waals surface area (Å²) in [5, 5.41) is 30.5. The Morgan fingerprint density at radius 2 is 2.00 bits per heavy atom. The minimum absolute atomic E-state index is 0.0295. The smallest absolute Gasteiger partial charge is 0.337 e. The molecule has 202 valence electrons. The number of aliphatic hydroxyl groups excluding tert-OH is 1. The second kappa shape index (κ2) is 12.5. The first-order valence-electron chi connectivity index (χ1n) is 11.6. The molecule has 0 saturated heterocycles. The highest BCUT2D eigenvalue weighted by atomic mass is 16.6. The highest BCUT2D eigenvalue weighted by molar-refractivity contribution is 5.95. The molecule has 2 amide bonds. The van der Waals surface area contributed by atoms with Gasteiger partial charge >= 0.3 is 12.0 Å². The molecule has 0 radical (unpaired) electrons. The summed E-state index contributed by atoms with van der Waals surface area (Å²) in [6.45, 7) is 5.13. The van der Waals surface area contributed by atoms with Crippen LogP contribution in [-0.4, -0.2) is 54.8 Å². The van der Waals surface area contributed by atoms with E-state index in [1.54, 1.807) is 51.1 Å². The molecule has 2 atom stereocenters. The number of nitro groups is 1. The maximum atomic E-state index is 12.4. The SMILES string of the molecule is CCOc1cc([C@H]2NC(=O)NC(C)=C2C(=O)OC)ccc1OC[C@@H](O)N/N=C\c1ccc(C)c([N+](=O)[O-])c1. The Kier molecular flexibility index (Phi) is 9.22. The van der Waals surface area contributed by atoms with Gasteiger partial charge in [-0.15, -0.1) is 0 Å². The maximum Gasteiger partial charge on any atom is 0.337 e. The van der Waals surface area contributed by atoms with E-state index < -0.39 is 29.2 Å². The summed E-state index contributed by atoms with van der Waals surface area (Å²) in [4.78, 5) is 35.0. The van der Waals surface area contributed by atoms with Crippen LogP contribution in [0.15, 0.2) is 52.8 Å². The molecule has 13 nitrogen and oxygen atoms in total. The van der Waals surface area contributed by atoms with Crippen molar-refractivity contribution >= 4 is 23.9 Å². The number of nitro benzene ring substituents is 1. The fraction of sp³-hybridized carbons (Fsp3) is 0.320. The van der Waals surface area contributed by atoms with Crippen molar-refractivity contribution in [3.63, 3.8) is 0 Å². The lowest BCUT2D eigenvalue weighted by Gasteiger charge is -2.28. The Bertz CT molecular complexity index is 1280. The van der Waals surface area contributed by atoms with E-state index in [2.05, 4.69) is 21.2 Å². The van der Waals surface area contributed by atoms with Crippen molar-refractivity contribution in [1.29, 1.82) is 0 Å². The molecule has 1 aliphatic rings. The van der Waals surface area contributed by atoms with Gasteiger partial charge in [-0.25, -0.2) is 9.59 Å². The number of methoxy groups -OCH3 is 1. The van der Waals surface area contributed by atoms with Gasteiger partial charge in [0, 0.05) is 22.9 Å². The first-order valence-corrected chi connectivity index (χ1v) is 11.6. The predicted octanol–water partition coefficient (Wildman–Crippen LogP) is 2.42. The third-order valence-corrected chi connectivity index (χ3v) is 5.54. The summed E-state index contributed by atoms with van der Waals surface area (Å²) in [6.07, 6.45) is 0.138. The zero-order chi connectivity index (χ0) is 27.8. The Labute approximate surface area is 218 Å². The van der Waals surface area contributed by atoms with Crippen molar-refractivity contribution in [2.24, 2.45) is 5.10 Å². The fourth-order valence-corrected chi connectivity index (χ4v) is 3.72. The molecule has 13 heteroatoms. The second-order valence-corrected chi connectivity index (χ2v) is 8.22. The van der Waals surface area contributed by atoms with Crippen molar-refractivity contribution in [3.05, 3.63) is 74.5 Å². The van der Waals surface area contributed by atoms with E-state index in [0.717, 1.165) is 0 Å². The number of nitrogens with one attached hydrogen (secondary N) is 3. The predicted molar refractivity (Wildman–Crippen MR) is 137 cm³/mol. The number of urea groups is 1. The summed E-state index contributed by atoms with van der Waals surface area (Å²) in [5.41, 5.74) is 4.66. The van der Waals surface area contributed by atoms with Gasteiger partial charge in [-0.05, 0) is 38.5 Å². The first-order chi connectivity index (χ1) is 18.1. The van der Waals surface area contributed by atoms with Gasteiger partial charge in [0.2, 0.25) is 0 Å². The van der Waals surface area contributed by atoms with Crippen LogP contribution in [0.5, 0.6) is 11.5 Å². The van der Waals surface area contributed by atoms with Crippen molar-refractivity contribution in [1.82, 2.24) is 16.1 Å². The second-order valence-electron chi connectivity index (χ2n) is 8.22. The molecule has 0 saturated carbocycles. The molecule has 2 aromatic carbocycles. The number of hydrogen-bond donors (Lipinski definition) is 4. The monoisotopic (exact) mass is 527 g/mol. The first kappa shape index (κ1) is 27.9. The number of ether oxygens (including phenoxy) is 3. The number of aliphatic hydroxyl groups is 1. The topological polar surface area (TPSA) is 174 Å². The molecule has 0 aromatic heterocycles. The van der Waals surface area contributed by atoms with Crippen molar-refractivity contribution in [2.45, 2.75) is 33.0 Å². The molecule has 1 aliphatic heterocycles. The Balaban J connectivity index is 1.70. The van der Waals surface area contributed by atoms with Gasteiger partial charge in [-0.1, -0.05) is 18.2 Å². The van der Waals surface area contributed by atoms with Crippen LogP contribution in [-0.2, 0) is 9.53 Å². The van der Waals surface area contributed by atoms with Crippen LogP contribution < -0.4 is 25.5 Å². The van der Waals surface area contributed by atoms with Gasteiger partial charge in [0.1, 0.15) is 6.61 Å². The number of aryl methyl sites for hydroxylation is 1. The molecule has 0 spiro atoms. The minimum atomic E-state index is -1.21. The highest BCUT2D eigenvalue weighted by Crippen LogP contribution is 2.34. The number of carbonyl (C=O) groups is 2. The third-order valence-electron chi connectivity index (χ3n) is 5.54. The maximum absolute atomic E-state index is 12.4. The number of rotatable bonds is 11.